The minimum absolute atomic E-state index is 0.166. The van der Waals surface area contributed by atoms with Crippen LogP contribution in [0, 0.1) is 11.6 Å². The molecule has 68 valence electrons. The van der Waals surface area contributed by atoms with Gasteiger partial charge in [-0.1, -0.05) is 0 Å². The molecule has 13 heavy (non-hydrogen) atoms. The van der Waals surface area contributed by atoms with Gasteiger partial charge in [0.25, 0.3) is 0 Å². The van der Waals surface area contributed by atoms with Crippen LogP contribution in [0.15, 0.2) is 12.1 Å². The Labute approximate surface area is 72.8 Å². The number of halogens is 2. The number of benzene rings is 1. The fraction of sp³-hybridized carbons (Fsp3) is 0.125. The van der Waals surface area contributed by atoms with Crippen molar-refractivity contribution in [3.8, 4) is 0 Å². The van der Waals surface area contributed by atoms with Crippen molar-refractivity contribution in [3.63, 3.8) is 0 Å². The molecule has 1 aromatic carbocycles. The molecule has 0 atom stereocenters. The van der Waals surface area contributed by atoms with Crippen LogP contribution in [0.1, 0.15) is 0 Å². The van der Waals surface area contributed by atoms with E-state index in [1.807, 2.05) is 0 Å². The minimum Gasteiger partial charge on any atom is -0.369 e. The molecule has 0 saturated heterocycles. The topological polar surface area (TPSA) is 43.8 Å². The number of rotatable bonds is 0. The van der Waals surface area contributed by atoms with Crippen LogP contribution in [0.2, 0.25) is 0 Å². The molecular formula is C8H7F2N3. The molecule has 2 aromatic rings. The van der Waals surface area contributed by atoms with Crippen LogP contribution in [0.5, 0.6) is 0 Å². The maximum Gasteiger partial charge on any atom is 0.201 e. The summed E-state index contributed by atoms with van der Waals surface area (Å²) in [4.78, 5) is 3.80. The van der Waals surface area contributed by atoms with Crippen LogP contribution in [-0.2, 0) is 7.05 Å². The third kappa shape index (κ3) is 1.04. The highest BCUT2D eigenvalue weighted by Crippen LogP contribution is 2.20. The van der Waals surface area contributed by atoms with E-state index in [1.165, 1.54) is 4.57 Å². The van der Waals surface area contributed by atoms with Gasteiger partial charge in [-0.25, -0.2) is 13.8 Å². The van der Waals surface area contributed by atoms with Gasteiger partial charge in [-0.2, -0.15) is 0 Å². The van der Waals surface area contributed by atoms with Crippen LogP contribution >= 0.6 is 0 Å². The molecule has 0 bridgehead atoms. The lowest BCUT2D eigenvalue weighted by atomic mass is 10.3. The molecule has 0 radical (unpaired) electrons. The van der Waals surface area contributed by atoms with Crippen LogP contribution in [0.25, 0.3) is 11.0 Å². The highest BCUT2D eigenvalue weighted by atomic mass is 19.1. The molecule has 5 heteroatoms. The van der Waals surface area contributed by atoms with E-state index in [-0.39, 0.29) is 17.0 Å². The molecule has 2 N–H and O–H groups in total. The van der Waals surface area contributed by atoms with Crippen LogP contribution in [0.4, 0.5) is 14.7 Å². The first-order chi connectivity index (χ1) is 6.09. The molecular weight excluding hydrogens is 176 g/mol. The Bertz CT molecular complexity index is 476. The number of nitrogens with zero attached hydrogens (tertiary/aromatic N) is 2. The summed E-state index contributed by atoms with van der Waals surface area (Å²) in [5, 5.41) is 0. The number of fused-ring (bicyclic) bond motifs is 1. The smallest absolute Gasteiger partial charge is 0.201 e. The molecule has 0 aliphatic heterocycles. The third-order valence-electron chi connectivity index (χ3n) is 1.92. The van der Waals surface area contributed by atoms with Crippen LogP contribution < -0.4 is 5.73 Å². The third-order valence-corrected chi connectivity index (χ3v) is 1.92. The Morgan fingerprint density at radius 2 is 2.08 bits per heavy atom. The van der Waals surface area contributed by atoms with Crippen molar-refractivity contribution in [2.75, 3.05) is 5.73 Å². The maximum absolute atomic E-state index is 13.2. The predicted molar refractivity (Wildman–Crippen MR) is 45.0 cm³/mol. The summed E-state index contributed by atoms with van der Waals surface area (Å²) in [6.45, 7) is 0. The predicted octanol–water partition coefficient (Wildman–Crippen LogP) is 1.43. The molecule has 1 aromatic heterocycles. The number of hydrogen-bond acceptors (Lipinski definition) is 2. The number of hydrogen-bond donors (Lipinski definition) is 1. The molecule has 2 rings (SSSR count). The zero-order valence-electron chi connectivity index (χ0n) is 6.88. The molecule has 0 fully saturated rings. The van der Waals surface area contributed by atoms with Crippen molar-refractivity contribution in [1.82, 2.24) is 9.55 Å². The van der Waals surface area contributed by atoms with Gasteiger partial charge in [0, 0.05) is 19.2 Å². The molecule has 0 amide bonds. The summed E-state index contributed by atoms with van der Waals surface area (Å²) in [6.07, 6.45) is 0. The number of nitrogens with two attached hydrogens (primary N) is 1. The minimum atomic E-state index is -0.651. The molecule has 0 saturated carbocycles. The molecule has 0 spiro atoms. The Morgan fingerprint density at radius 1 is 1.38 bits per heavy atom. The average molecular weight is 183 g/mol. The highest BCUT2D eigenvalue weighted by Gasteiger charge is 2.10. The van der Waals surface area contributed by atoms with E-state index in [1.54, 1.807) is 7.05 Å². The van der Waals surface area contributed by atoms with E-state index >= 15 is 0 Å². The molecule has 0 aliphatic carbocycles. The number of anilines is 1. The number of aromatic nitrogens is 2. The first-order valence-electron chi connectivity index (χ1n) is 3.66. The van der Waals surface area contributed by atoms with E-state index < -0.39 is 11.6 Å². The summed E-state index contributed by atoms with van der Waals surface area (Å²) in [5.41, 5.74) is 5.89. The number of aryl methyl sites for hydroxylation is 1. The van der Waals surface area contributed by atoms with Gasteiger partial charge in [0.1, 0.15) is 11.3 Å². The monoisotopic (exact) mass is 183 g/mol. The van der Waals surface area contributed by atoms with Crippen LogP contribution in [0.3, 0.4) is 0 Å². The summed E-state index contributed by atoms with van der Waals surface area (Å²) in [5.74, 6) is -1.13. The fourth-order valence-corrected chi connectivity index (χ4v) is 1.28. The summed E-state index contributed by atoms with van der Waals surface area (Å²) in [7, 11) is 1.58. The highest BCUT2D eigenvalue weighted by molar-refractivity contribution is 5.78. The van der Waals surface area contributed by atoms with E-state index in [2.05, 4.69) is 4.98 Å². The molecule has 1 heterocycles. The van der Waals surface area contributed by atoms with Crippen molar-refractivity contribution in [3.05, 3.63) is 23.8 Å². The Balaban J connectivity index is 2.94. The van der Waals surface area contributed by atoms with Gasteiger partial charge < -0.3 is 10.3 Å². The second-order valence-electron chi connectivity index (χ2n) is 2.78. The summed E-state index contributed by atoms with van der Waals surface area (Å²) >= 11 is 0. The van der Waals surface area contributed by atoms with Crippen molar-refractivity contribution in [1.29, 1.82) is 0 Å². The Morgan fingerprint density at radius 3 is 2.77 bits per heavy atom. The van der Waals surface area contributed by atoms with Gasteiger partial charge in [0.15, 0.2) is 5.82 Å². The lowest BCUT2D eigenvalue weighted by Gasteiger charge is -1.97. The van der Waals surface area contributed by atoms with E-state index in [4.69, 9.17) is 5.73 Å². The zero-order chi connectivity index (χ0) is 9.59. The van der Waals surface area contributed by atoms with Gasteiger partial charge in [0.05, 0.1) is 5.52 Å². The Kier molecular flexibility index (Phi) is 1.48. The van der Waals surface area contributed by atoms with Gasteiger partial charge >= 0.3 is 0 Å². The van der Waals surface area contributed by atoms with Gasteiger partial charge in [-0.05, 0) is 0 Å². The van der Waals surface area contributed by atoms with Crippen molar-refractivity contribution < 1.29 is 8.78 Å². The average Bonchev–Trinajstić information content (AvgIpc) is 2.27. The second-order valence-corrected chi connectivity index (χ2v) is 2.78. The number of imidazole rings is 1. The van der Waals surface area contributed by atoms with Gasteiger partial charge in [0.2, 0.25) is 5.95 Å². The number of nitrogen functional groups attached to an aromatic ring is 1. The quantitative estimate of drug-likeness (QED) is 0.671. The molecule has 0 aliphatic rings. The lowest BCUT2D eigenvalue weighted by molar-refractivity contribution is 0.588. The van der Waals surface area contributed by atoms with E-state index in [0.717, 1.165) is 12.1 Å². The van der Waals surface area contributed by atoms with Crippen molar-refractivity contribution in [2.24, 2.45) is 7.05 Å². The fourth-order valence-electron chi connectivity index (χ4n) is 1.28. The SMILES string of the molecule is Cn1c(N)nc2cc(F)cc(F)c21. The second kappa shape index (κ2) is 2.42. The molecule has 3 nitrogen and oxygen atoms in total. The van der Waals surface area contributed by atoms with Crippen molar-refractivity contribution in [2.45, 2.75) is 0 Å². The first-order valence-corrected chi connectivity index (χ1v) is 3.66. The normalized spacial score (nSPS) is 11.0. The van der Waals surface area contributed by atoms with Crippen molar-refractivity contribution >= 4 is 17.0 Å². The van der Waals surface area contributed by atoms with E-state index in [9.17, 15) is 8.78 Å². The van der Waals surface area contributed by atoms with Gasteiger partial charge in [-0.15, -0.1) is 0 Å². The lowest BCUT2D eigenvalue weighted by Crippen LogP contribution is -1.97. The van der Waals surface area contributed by atoms with Crippen LogP contribution in [-0.4, -0.2) is 9.55 Å². The zero-order valence-corrected chi connectivity index (χ0v) is 6.88. The van der Waals surface area contributed by atoms with Gasteiger partial charge in [-0.3, -0.25) is 0 Å². The Hall–Kier alpha value is -1.65. The summed E-state index contributed by atoms with van der Waals surface area (Å²) in [6, 6.07) is 1.96. The largest absolute Gasteiger partial charge is 0.369 e. The first kappa shape index (κ1) is 7.97. The molecule has 0 unspecified atom stereocenters. The maximum atomic E-state index is 13.2. The summed E-state index contributed by atoms with van der Waals surface area (Å²) < 4.78 is 27.3. The standard InChI is InChI=1S/C8H7F2N3/c1-13-7-5(10)2-4(9)3-6(7)12-8(13)11/h2-3H,1H3,(H2,11,12). The van der Waals surface area contributed by atoms with E-state index in [0.29, 0.717) is 0 Å².